The Morgan fingerprint density at radius 1 is 1.40 bits per heavy atom. The van der Waals surface area contributed by atoms with Crippen LogP contribution in [0.1, 0.15) is 38.2 Å². The third-order valence-electron chi connectivity index (χ3n) is 3.99. The van der Waals surface area contributed by atoms with Crippen molar-refractivity contribution in [3.8, 4) is 0 Å². The molecule has 1 atom stereocenters. The molecule has 1 saturated heterocycles. The van der Waals surface area contributed by atoms with Crippen molar-refractivity contribution in [2.75, 3.05) is 13.1 Å². The summed E-state index contributed by atoms with van der Waals surface area (Å²) in [7, 11) is 0. The van der Waals surface area contributed by atoms with E-state index < -0.39 is 0 Å². The van der Waals surface area contributed by atoms with Crippen LogP contribution in [0.3, 0.4) is 0 Å². The van der Waals surface area contributed by atoms with Crippen LogP contribution in [0.2, 0.25) is 0 Å². The van der Waals surface area contributed by atoms with Crippen molar-refractivity contribution < 1.29 is 4.92 Å². The molecule has 0 spiro atoms. The van der Waals surface area contributed by atoms with E-state index in [-0.39, 0.29) is 10.6 Å². The van der Waals surface area contributed by atoms with E-state index in [1.807, 2.05) is 12.1 Å². The normalized spacial score (nSPS) is 20.4. The monoisotopic (exact) mass is 274 g/mol. The highest BCUT2D eigenvalue weighted by Gasteiger charge is 2.19. The fourth-order valence-electron chi connectivity index (χ4n) is 2.87. The number of benzene rings is 1. The summed E-state index contributed by atoms with van der Waals surface area (Å²) in [6.07, 6.45) is 8.96. The van der Waals surface area contributed by atoms with Gasteiger partial charge in [-0.25, -0.2) is 0 Å². The maximum Gasteiger partial charge on any atom is 0.276 e. The van der Waals surface area contributed by atoms with Crippen molar-refractivity contribution >= 4 is 11.8 Å². The molecule has 1 aliphatic heterocycles. The number of hydrogen-bond acceptors (Lipinski definition) is 3. The lowest BCUT2D eigenvalue weighted by molar-refractivity contribution is -0.385. The highest BCUT2D eigenvalue weighted by atomic mass is 16.6. The van der Waals surface area contributed by atoms with Crippen molar-refractivity contribution in [3.05, 3.63) is 46.0 Å². The number of nitro groups is 1. The first-order chi connectivity index (χ1) is 9.72. The van der Waals surface area contributed by atoms with Crippen molar-refractivity contribution in [1.82, 2.24) is 4.90 Å². The number of nitro benzene ring substituents is 1. The lowest BCUT2D eigenvalue weighted by atomic mass is 10.00. The van der Waals surface area contributed by atoms with Crippen LogP contribution in [0.5, 0.6) is 0 Å². The largest absolute Gasteiger partial charge is 0.297 e. The fraction of sp³-hybridized carbons (Fsp3) is 0.500. The van der Waals surface area contributed by atoms with Crippen LogP contribution in [0.15, 0.2) is 30.3 Å². The van der Waals surface area contributed by atoms with E-state index >= 15 is 0 Å². The average molecular weight is 274 g/mol. The summed E-state index contributed by atoms with van der Waals surface area (Å²) in [4.78, 5) is 13.1. The lowest BCUT2D eigenvalue weighted by Crippen LogP contribution is -2.38. The number of likely N-dealkylation sites (tertiary alicyclic amines) is 1. The van der Waals surface area contributed by atoms with E-state index in [0.29, 0.717) is 11.6 Å². The maximum absolute atomic E-state index is 10.9. The Balaban J connectivity index is 2.01. The first-order valence-electron chi connectivity index (χ1n) is 7.36. The van der Waals surface area contributed by atoms with Crippen LogP contribution in [-0.4, -0.2) is 29.0 Å². The number of rotatable bonds is 5. The van der Waals surface area contributed by atoms with Gasteiger partial charge < -0.3 is 0 Å². The first kappa shape index (κ1) is 14.7. The molecule has 1 fully saturated rings. The molecule has 1 aromatic carbocycles. The molecule has 0 N–H and O–H groups in total. The van der Waals surface area contributed by atoms with Gasteiger partial charge in [0.05, 0.1) is 10.5 Å². The molecule has 0 bridgehead atoms. The van der Waals surface area contributed by atoms with Crippen molar-refractivity contribution in [3.63, 3.8) is 0 Å². The lowest BCUT2D eigenvalue weighted by Gasteiger charge is -2.34. The Labute approximate surface area is 120 Å². The summed E-state index contributed by atoms with van der Waals surface area (Å²) in [5.74, 6) is 0. The minimum absolute atomic E-state index is 0.175. The summed E-state index contributed by atoms with van der Waals surface area (Å²) >= 11 is 0. The van der Waals surface area contributed by atoms with Gasteiger partial charge in [0, 0.05) is 18.7 Å². The Bertz CT molecular complexity index is 485. The van der Waals surface area contributed by atoms with Crippen LogP contribution in [0, 0.1) is 10.1 Å². The molecule has 0 aromatic heterocycles. The van der Waals surface area contributed by atoms with Crippen LogP contribution < -0.4 is 0 Å². The quantitative estimate of drug-likeness (QED) is 0.605. The molecule has 2 rings (SSSR count). The van der Waals surface area contributed by atoms with Crippen molar-refractivity contribution in [2.45, 2.75) is 38.6 Å². The van der Waals surface area contributed by atoms with E-state index in [1.165, 1.54) is 25.7 Å². The van der Waals surface area contributed by atoms with Crippen molar-refractivity contribution in [1.29, 1.82) is 0 Å². The molecule has 4 nitrogen and oxygen atoms in total. The molecule has 108 valence electrons. The van der Waals surface area contributed by atoms with Crippen LogP contribution in [0.25, 0.3) is 6.08 Å². The zero-order chi connectivity index (χ0) is 14.4. The minimum Gasteiger partial charge on any atom is -0.297 e. The topological polar surface area (TPSA) is 46.4 Å². The van der Waals surface area contributed by atoms with E-state index in [0.717, 1.165) is 13.1 Å². The number of hydrogen-bond donors (Lipinski definition) is 0. The summed E-state index contributed by atoms with van der Waals surface area (Å²) in [6.45, 7) is 4.25. The van der Waals surface area contributed by atoms with Gasteiger partial charge in [0.2, 0.25) is 0 Å². The molecule has 1 aromatic rings. The van der Waals surface area contributed by atoms with E-state index in [9.17, 15) is 10.1 Å². The third kappa shape index (κ3) is 3.67. The third-order valence-corrected chi connectivity index (χ3v) is 3.99. The van der Waals surface area contributed by atoms with Gasteiger partial charge in [0.1, 0.15) is 0 Å². The molecule has 1 aliphatic rings. The molecule has 0 saturated carbocycles. The molecule has 0 unspecified atom stereocenters. The molecule has 0 amide bonds. The van der Waals surface area contributed by atoms with E-state index in [1.54, 1.807) is 18.2 Å². The molecule has 1 heterocycles. The van der Waals surface area contributed by atoms with Crippen LogP contribution >= 0.6 is 0 Å². The van der Waals surface area contributed by atoms with Gasteiger partial charge in [-0.1, -0.05) is 37.6 Å². The summed E-state index contributed by atoms with van der Waals surface area (Å²) in [6, 6.07) is 7.55. The fourth-order valence-corrected chi connectivity index (χ4v) is 2.87. The van der Waals surface area contributed by atoms with Crippen molar-refractivity contribution in [2.24, 2.45) is 0 Å². The SMILES string of the molecule is CC[C@@H]1CCCCN1C/C=C/c1ccccc1[N+](=O)[O-]. The molecule has 0 aliphatic carbocycles. The summed E-state index contributed by atoms with van der Waals surface area (Å²) < 4.78 is 0. The van der Waals surface area contributed by atoms with Gasteiger partial charge >= 0.3 is 0 Å². The van der Waals surface area contributed by atoms with E-state index in [2.05, 4.69) is 17.9 Å². The van der Waals surface area contributed by atoms with Gasteiger partial charge in [-0.15, -0.1) is 0 Å². The average Bonchev–Trinajstić information content (AvgIpc) is 2.48. The molecule has 0 radical (unpaired) electrons. The molecular weight excluding hydrogens is 252 g/mol. The molecular formula is C16H22N2O2. The van der Waals surface area contributed by atoms with Crippen LogP contribution in [-0.2, 0) is 0 Å². The summed E-state index contributed by atoms with van der Waals surface area (Å²) in [5.41, 5.74) is 0.858. The zero-order valence-corrected chi connectivity index (χ0v) is 12.0. The van der Waals surface area contributed by atoms with E-state index in [4.69, 9.17) is 0 Å². The standard InChI is InChI=1S/C16H22N2O2/c1-2-15-10-5-6-12-17(15)13-7-9-14-8-3-4-11-16(14)18(19)20/h3-4,7-9,11,15H,2,5-6,10,12-13H2,1H3/b9-7+/t15-/m1/s1. The second kappa shape index (κ2) is 7.20. The number of piperidine rings is 1. The van der Waals surface area contributed by atoms with Gasteiger partial charge in [-0.3, -0.25) is 15.0 Å². The van der Waals surface area contributed by atoms with Gasteiger partial charge in [-0.2, -0.15) is 0 Å². The zero-order valence-electron chi connectivity index (χ0n) is 12.0. The van der Waals surface area contributed by atoms with Gasteiger partial charge in [0.25, 0.3) is 5.69 Å². The predicted octanol–water partition coefficient (Wildman–Crippen LogP) is 3.87. The Hall–Kier alpha value is -1.68. The minimum atomic E-state index is -0.324. The van der Waals surface area contributed by atoms with Gasteiger partial charge in [-0.05, 0) is 31.9 Å². The number of nitrogens with zero attached hydrogens (tertiary/aromatic N) is 2. The highest BCUT2D eigenvalue weighted by molar-refractivity contribution is 5.60. The summed E-state index contributed by atoms with van der Waals surface area (Å²) in [5, 5.41) is 10.9. The number of para-hydroxylation sites is 1. The predicted molar refractivity (Wildman–Crippen MR) is 81.6 cm³/mol. The second-order valence-electron chi connectivity index (χ2n) is 5.27. The van der Waals surface area contributed by atoms with Gasteiger partial charge in [0.15, 0.2) is 0 Å². The Morgan fingerprint density at radius 2 is 2.20 bits per heavy atom. The molecule has 20 heavy (non-hydrogen) atoms. The van der Waals surface area contributed by atoms with Crippen LogP contribution in [0.4, 0.5) is 5.69 Å². The molecule has 4 heteroatoms. The Kier molecular flexibility index (Phi) is 5.30. The first-order valence-corrected chi connectivity index (χ1v) is 7.36. The second-order valence-corrected chi connectivity index (χ2v) is 5.27. The maximum atomic E-state index is 10.9. The smallest absolute Gasteiger partial charge is 0.276 e. The highest BCUT2D eigenvalue weighted by Crippen LogP contribution is 2.21. The Morgan fingerprint density at radius 3 is 2.95 bits per heavy atom.